The summed E-state index contributed by atoms with van der Waals surface area (Å²) in [6, 6.07) is 14.2. The molecule has 3 heterocycles. The van der Waals surface area contributed by atoms with Gasteiger partial charge < -0.3 is 15.2 Å². The van der Waals surface area contributed by atoms with Crippen LogP contribution in [0.5, 0.6) is 0 Å². The zero-order valence-electron chi connectivity index (χ0n) is 14.8. The van der Waals surface area contributed by atoms with E-state index in [4.69, 9.17) is 16.0 Å². The van der Waals surface area contributed by atoms with Gasteiger partial charge in [0.25, 0.3) is 0 Å². The van der Waals surface area contributed by atoms with Gasteiger partial charge in [-0.15, -0.1) is 0 Å². The van der Waals surface area contributed by atoms with Crippen molar-refractivity contribution in [3.05, 3.63) is 53.9 Å². The van der Waals surface area contributed by atoms with Crippen LogP contribution >= 0.6 is 0 Å². The molecule has 1 aliphatic heterocycles. The summed E-state index contributed by atoms with van der Waals surface area (Å²) in [5.41, 5.74) is 9.74. The minimum Gasteiger partial charge on any atom is -0.341 e. The smallest absolute Gasteiger partial charge is 0.207 e. The van der Waals surface area contributed by atoms with E-state index in [1.807, 2.05) is 30.3 Å². The molecular formula is C20H22N6. The lowest BCUT2D eigenvalue weighted by atomic mass is 10.1. The van der Waals surface area contributed by atoms with Gasteiger partial charge in [-0.3, -0.25) is 4.98 Å². The number of nitrogens with zero attached hydrogens (tertiary/aromatic N) is 5. The molecule has 3 aromatic rings. The lowest BCUT2D eigenvalue weighted by Crippen LogP contribution is -2.44. The summed E-state index contributed by atoms with van der Waals surface area (Å²) in [7, 11) is 0. The minimum atomic E-state index is 0.00305. The van der Waals surface area contributed by atoms with Crippen molar-refractivity contribution in [2.24, 2.45) is 5.73 Å². The number of rotatable bonds is 3. The summed E-state index contributed by atoms with van der Waals surface area (Å²) >= 11 is 0. The lowest BCUT2D eigenvalue weighted by Gasteiger charge is -2.33. The molecule has 6 nitrogen and oxygen atoms in total. The van der Waals surface area contributed by atoms with Crippen molar-refractivity contribution >= 4 is 17.0 Å². The predicted molar refractivity (Wildman–Crippen MR) is 102 cm³/mol. The molecular weight excluding hydrogens is 324 g/mol. The predicted octanol–water partition coefficient (Wildman–Crippen LogP) is 2.84. The second-order valence-corrected chi connectivity index (χ2v) is 6.88. The fraction of sp³-hybridized carbons (Fsp3) is 0.350. The van der Waals surface area contributed by atoms with E-state index in [9.17, 15) is 0 Å². The molecule has 0 radical (unpaired) electrons. The Kier molecular flexibility index (Phi) is 4.31. The van der Waals surface area contributed by atoms with E-state index in [0.717, 1.165) is 48.6 Å². The van der Waals surface area contributed by atoms with E-state index in [1.165, 1.54) is 0 Å². The summed E-state index contributed by atoms with van der Waals surface area (Å²) in [6.45, 7) is 3.90. The molecule has 2 atom stereocenters. The highest BCUT2D eigenvalue weighted by Crippen LogP contribution is 2.31. The number of hydrogen-bond acceptors (Lipinski definition) is 5. The van der Waals surface area contributed by atoms with Gasteiger partial charge in [-0.25, -0.2) is 4.98 Å². The quantitative estimate of drug-likeness (QED) is 0.788. The summed E-state index contributed by atoms with van der Waals surface area (Å²) in [5.74, 6) is 0.944. The molecule has 0 bridgehead atoms. The fourth-order valence-corrected chi connectivity index (χ4v) is 3.68. The summed E-state index contributed by atoms with van der Waals surface area (Å²) < 4.78 is 2.24. The topological polar surface area (TPSA) is 83.8 Å². The van der Waals surface area contributed by atoms with Crippen LogP contribution < -0.4 is 10.6 Å². The molecule has 1 aliphatic rings. The second-order valence-electron chi connectivity index (χ2n) is 6.88. The number of imidazole rings is 1. The van der Waals surface area contributed by atoms with Crippen molar-refractivity contribution in [1.29, 1.82) is 5.26 Å². The molecule has 1 saturated heterocycles. The second kappa shape index (κ2) is 6.77. The van der Waals surface area contributed by atoms with Gasteiger partial charge in [0.15, 0.2) is 0 Å². The Bertz CT molecular complexity index is 953. The first kappa shape index (κ1) is 16.6. The number of nitrogens with two attached hydrogens (primary N) is 1. The minimum absolute atomic E-state index is 0.00305. The van der Waals surface area contributed by atoms with E-state index in [-0.39, 0.29) is 12.1 Å². The van der Waals surface area contributed by atoms with Gasteiger partial charge in [0, 0.05) is 25.3 Å². The van der Waals surface area contributed by atoms with E-state index in [2.05, 4.69) is 33.5 Å². The number of para-hydroxylation sites is 2. The number of piperidine rings is 1. The van der Waals surface area contributed by atoms with Crippen molar-refractivity contribution < 1.29 is 0 Å². The van der Waals surface area contributed by atoms with E-state index < -0.39 is 0 Å². The molecule has 132 valence electrons. The molecule has 6 heteroatoms. The van der Waals surface area contributed by atoms with Gasteiger partial charge >= 0.3 is 0 Å². The Labute approximate surface area is 152 Å². The maximum Gasteiger partial charge on any atom is 0.207 e. The van der Waals surface area contributed by atoms with Crippen molar-refractivity contribution in [2.45, 2.75) is 31.8 Å². The summed E-state index contributed by atoms with van der Waals surface area (Å²) in [4.78, 5) is 11.7. The average Bonchev–Trinajstić information content (AvgIpc) is 3.07. The van der Waals surface area contributed by atoms with Crippen LogP contribution in [-0.2, 0) is 0 Å². The van der Waals surface area contributed by atoms with E-state index in [0.29, 0.717) is 5.56 Å². The molecule has 0 aliphatic carbocycles. The van der Waals surface area contributed by atoms with Crippen LogP contribution in [-0.4, -0.2) is 33.7 Å². The van der Waals surface area contributed by atoms with Crippen LogP contribution in [0.3, 0.4) is 0 Å². The maximum absolute atomic E-state index is 9.01. The van der Waals surface area contributed by atoms with Gasteiger partial charge in [-0.05, 0) is 44.0 Å². The van der Waals surface area contributed by atoms with Gasteiger partial charge in [0.1, 0.15) is 6.07 Å². The Morgan fingerprint density at radius 1 is 1.27 bits per heavy atom. The van der Waals surface area contributed by atoms with Crippen molar-refractivity contribution in [1.82, 2.24) is 14.5 Å². The van der Waals surface area contributed by atoms with Crippen LogP contribution in [0.4, 0.5) is 5.95 Å². The van der Waals surface area contributed by atoms with Crippen molar-refractivity contribution in [2.75, 3.05) is 18.0 Å². The highest BCUT2D eigenvalue weighted by atomic mass is 15.3. The van der Waals surface area contributed by atoms with E-state index >= 15 is 0 Å². The third-order valence-electron chi connectivity index (χ3n) is 5.05. The Morgan fingerprint density at radius 2 is 2.12 bits per heavy atom. The standard InChI is InChI=1S/C20H22N6/c1-14(17-9-8-15(11-21)12-23-17)26-19-7-3-2-6-18(19)24-20(26)25-10-4-5-16(22)13-25/h2-3,6-9,12,14,16H,4-5,10,13,22H2,1H3/t14?,16-/m0/s1. The van der Waals surface area contributed by atoms with Gasteiger partial charge in [0.2, 0.25) is 5.95 Å². The number of nitriles is 1. The molecule has 1 unspecified atom stereocenters. The highest BCUT2D eigenvalue weighted by Gasteiger charge is 2.25. The van der Waals surface area contributed by atoms with Crippen LogP contribution in [0.2, 0.25) is 0 Å². The molecule has 26 heavy (non-hydrogen) atoms. The molecule has 1 aromatic carbocycles. The fourth-order valence-electron chi connectivity index (χ4n) is 3.68. The molecule has 2 N–H and O–H groups in total. The van der Waals surface area contributed by atoms with Crippen LogP contribution in [0.1, 0.15) is 37.1 Å². The number of anilines is 1. The van der Waals surface area contributed by atoms with Crippen LogP contribution in [0.25, 0.3) is 11.0 Å². The third-order valence-corrected chi connectivity index (χ3v) is 5.05. The zero-order chi connectivity index (χ0) is 18.1. The largest absolute Gasteiger partial charge is 0.341 e. The number of hydrogen-bond donors (Lipinski definition) is 1. The zero-order valence-corrected chi connectivity index (χ0v) is 14.8. The van der Waals surface area contributed by atoms with Crippen molar-refractivity contribution in [3.8, 4) is 6.07 Å². The monoisotopic (exact) mass is 346 g/mol. The Balaban J connectivity index is 1.81. The molecule has 1 fully saturated rings. The van der Waals surface area contributed by atoms with Crippen LogP contribution in [0, 0.1) is 11.3 Å². The lowest BCUT2D eigenvalue weighted by molar-refractivity contribution is 0.489. The van der Waals surface area contributed by atoms with Gasteiger partial charge in [0.05, 0.1) is 28.3 Å². The molecule has 4 rings (SSSR count). The average molecular weight is 346 g/mol. The summed E-state index contributed by atoms with van der Waals surface area (Å²) in [6.07, 6.45) is 3.76. The first-order chi connectivity index (χ1) is 12.7. The Morgan fingerprint density at radius 3 is 2.85 bits per heavy atom. The van der Waals surface area contributed by atoms with Gasteiger partial charge in [-0.2, -0.15) is 5.26 Å². The molecule has 2 aromatic heterocycles. The SMILES string of the molecule is CC(c1ccc(C#N)cn1)n1c(N2CCC[C@H](N)C2)nc2ccccc21. The number of aromatic nitrogens is 3. The number of fused-ring (bicyclic) bond motifs is 1. The highest BCUT2D eigenvalue weighted by molar-refractivity contribution is 5.79. The van der Waals surface area contributed by atoms with Crippen LogP contribution in [0.15, 0.2) is 42.6 Å². The van der Waals surface area contributed by atoms with E-state index in [1.54, 1.807) is 6.20 Å². The maximum atomic E-state index is 9.01. The number of pyridine rings is 1. The Hall–Kier alpha value is -2.91. The molecule has 0 amide bonds. The third kappa shape index (κ3) is 2.91. The molecule has 0 spiro atoms. The van der Waals surface area contributed by atoms with Gasteiger partial charge in [-0.1, -0.05) is 12.1 Å². The summed E-state index contributed by atoms with van der Waals surface area (Å²) in [5, 5.41) is 9.01. The normalized spacial score (nSPS) is 18.7. The first-order valence-electron chi connectivity index (χ1n) is 9.01. The molecule has 0 saturated carbocycles. The first-order valence-corrected chi connectivity index (χ1v) is 9.01. The number of benzene rings is 1. The van der Waals surface area contributed by atoms with Crippen molar-refractivity contribution in [3.63, 3.8) is 0 Å².